The quantitative estimate of drug-likeness (QED) is 0.284. The first-order valence-corrected chi connectivity index (χ1v) is 14.2. The molecule has 4 aromatic rings. The second-order valence-corrected chi connectivity index (χ2v) is 11.3. The van der Waals surface area contributed by atoms with E-state index in [2.05, 4.69) is 30.3 Å². The van der Waals surface area contributed by atoms with E-state index < -0.39 is 22.0 Å². The number of piperidine rings is 1. The monoisotopic (exact) mass is 554 g/mol. The predicted molar refractivity (Wildman–Crippen MR) is 147 cm³/mol. The van der Waals surface area contributed by atoms with E-state index in [9.17, 15) is 12.8 Å². The van der Waals surface area contributed by atoms with Crippen molar-refractivity contribution in [3.8, 4) is 22.9 Å². The van der Waals surface area contributed by atoms with Gasteiger partial charge in [0.1, 0.15) is 23.4 Å². The van der Waals surface area contributed by atoms with Gasteiger partial charge < -0.3 is 15.4 Å². The minimum absolute atomic E-state index is 0.113. The van der Waals surface area contributed by atoms with Gasteiger partial charge in [-0.15, -0.1) is 0 Å². The summed E-state index contributed by atoms with van der Waals surface area (Å²) >= 11 is 0. The van der Waals surface area contributed by atoms with Crippen LogP contribution in [0.25, 0.3) is 22.0 Å². The standard InChI is InChI=1S/C27H28F2N6O3S/c1-3-39(36,37)35-25-20-6-4-5-7-21(20)26(16(2)23(25)29)38-27-24(32-10-11-33-27)17-8-9-31-22(12-17)34-19-13-18(28)14-30-15-19/h4-12,18-19,30,35H,3,13-15H2,1-2H3,(H,31,34). The molecule has 1 aliphatic heterocycles. The molecule has 3 N–H and O–H groups in total. The number of hydrogen-bond donors (Lipinski definition) is 3. The second-order valence-electron chi connectivity index (χ2n) is 9.27. The van der Waals surface area contributed by atoms with Crippen molar-refractivity contribution in [3.63, 3.8) is 0 Å². The van der Waals surface area contributed by atoms with Crippen molar-refractivity contribution in [2.45, 2.75) is 32.5 Å². The van der Waals surface area contributed by atoms with Crippen LogP contribution in [0.15, 0.2) is 55.0 Å². The minimum atomic E-state index is -3.73. The third-order valence-corrected chi connectivity index (χ3v) is 7.79. The third-order valence-electron chi connectivity index (χ3n) is 6.51. The Kier molecular flexibility index (Phi) is 7.58. The third kappa shape index (κ3) is 5.76. The van der Waals surface area contributed by atoms with E-state index in [0.717, 1.165) is 0 Å². The molecule has 2 aromatic heterocycles. The Morgan fingerprint density at radius 2 is 1.85 bits per heavy atom. The van der Waals surface area contributed by atoms with Crippen LogP contribution in [0.4, 0.5) is 20.3 Å². The number of nitrogens with one attached hydrogen (secondary N) is 3. The van der Waals surface area contributed by atoms with Gasteiger partial charge >= 0.3 is 0 Å². The molecule has 2 atom stereocenters. The largest absolute Gasteiger partial charge is 0.436 e. The SMILES string of the molecule is CCS(=O)(=O)Nc1c(F)c(C)c(Oc2nccnc2-c2ccnc(NC3CNCC(F)C3)c2)c2ccccc12. The number of anilines is 2. The fourth-order valence-corrected chi connectivity index (χ4v) is 5.18. The number of sulfonamides is 1. The zero-order valence-electron chi connectivity index (χ0n) is 21.4. The van der Waals surface area contributed by atoms with Gasteiger partial charge in [0.05, 0.1) is 11.4 Å². The van der Waals surface area contributed by atoms with Gasteiger partial charge in [-0.05, 0) is 26.0 Å². The number of nitrogens with zero attached hydrogens (tertiary/aromatic N) is 3. The Bertz CT molecular complexity index is 1620. The van der Waals surface area contributed by atoms with Crippen LogP contribution in [0.5, 0.6) is 11.6 Å². The van der Waals surface area contributed by atoms with E-state index in [0.29, 0.717) is 47.4 Å². The highest BCUT2D eigenvalue weighted by molar-refractivity contribution is 7.92. The fraction of sp³-hybridized carbons (Fsp3) is 0.296. The molecule has 0 amide bonds. The molecule has 3 heterocycles. The number of rotatable bonds is 8. The van der Waals surface area contributed by atoms with Crippen molar-refractivity contribution in [1.29, 1.82) is 0 Å². The number of pyridine rings is 1. The Morgan fingerprint density at radius 1 is 1.08 bits per heavy atom. The zero-order valence-corrected chi connectivity index (χ0v) is 22.2. The van der Waals surface area contributed by atoms with Gasteiger partial charge in [-0.25, -0.2) is 32.2 Å². The topological polar surface area (TPSA) is 118 Å². The fourth-order valence-electron chi connectivity index (χ4n) is 4.53. The van der Waals surface area contributed by atoms with Crippen LogP contribution in [-0.4, -0.2) is 54.4 Å². The van der Waals surface area contributed by atoms with Crippen molar-refractivity contribution in [1.82, 2.24) is 20.3 Å². The Hall–Kier alpha value is -3.90. The number of ether oxygens (including phenoxy) is 1. The van der Waals surface area contributed by atoms with Gasteiger partial charge in [0, 0.05) is 66.0 Å². The molecule has 0 saturated carbocycles. The molecule has 5 rings (SSSR count). The molecule has 204 valence electrons. The molecule has 1 aliphatic rings. The molecule has 0 spiro atoms. The maximum atomic E-state index is 15.6. The molecule has 12 heteroatoms. The van der Waals surface area contributed by atoms with Crippen LogP contribution in [-0.2, 0) is 10.0 Å². The lowest BCUT2D eigenvalue weighted by molar-refractivity contribution is 0.255. The van der Waals surface area contributed by atoms with E-state index in [1.165, 1.54) is 26.2 Å². The number of halogens is 2. The first-order chi connectivity index (χ1) is 18.8. The summed E-state index contributed by atoms with van der Waals surface area (Å²) in [6.45, 7) is 3.95. The lowest BCUT2D eigenvalue weighted by Crippen LogP contribution is -2.44. The van der Waals surface area contributed by atoms with Crippen molar-refractivity contribution in [2.24, 2.45) is 0 Å². The van der Waals surface area contributed by atoms with Gasteiger partial charge in [0.2, 0.25) is 15.9 Å². The summed E-state index contributed by atoms with van der Waals surface area (Å²) in [5.41, 5.74) is 1.02. The molecule has 2 unspecified atom stereocenters. The second kappa shape index (κ2) is 11.1. The summed E-state index contributed by atoms with van der Waals surface area (Å²) in [6, 6.07) is 10.2. The maximum Gasteiger partial charge on any atom is 0.246 e. The Labute approximate surface area is 225 Å². The molecule has 0 bridgehead atoms. The highest BCUT2D eigenvalue weighted by atomic mass is 32.2. The number of benzene rings is 2. The summed E-state index contributed by atoms with van der Waals surface area (Å²) < 4.78 is 62.5. The van der Waals surface area contributed by atoms with Crippen LogP contribution >= 0.6 is 0 Å². The molecule has 0 aliphatic carbocycles. The molecular weight excluding hydrogens is 526 g/mol. The lowest BCUT2D eigenvalue weighted by atomic mass is 10.0. The number of aromatic nitrogens is 3. The van der Waals surface area contributed by atoms with Gasteiger partial charge in [0.25, 0.3) is 0 Å². The van der Waals surface area contributed by atoms with Crippen molar-refractivity contribution >= 4 is 32.3 Å². The highest BCUT2D eigenvalue weighted by Gasteiger charge is 2.24. The summed E-state index contributed by atoms with van der Waals surface area (Å²) in [7, 11) is -3.73. The molecular formula is C27H28F2N6O3S. The molecule has 39 heavy (non-hydrogen) atoms. The van der Waals surface area contributed by atoms with E-state index in [-0.39, 0.29) is 34.7 Å². The van der Waals surface area contributed by atoms with E-state index in [4.69, 9.17) is 4.74 Å². The number of alkyl halides is 1. The average Bonchev–Trinajstić information content (AvgIpc) is 2.94. The van der Waals surface area contributed by atoms with Crippen LogP contribution < -0.4 is 20.1 Å². The predicted octanol–water partition coefficient (Wildman–Crippen LogP) is 4.81. The van der Waals surface area contributed by atoms with E-state index in [1.54, 1.807) is 42.6 Å². The Balaban J connectivity index is 1.52. The Morgan fingerprint density at radius 3 is 2.62 bits per heavy atom. The van der Waals surface area contributed by atoms with Gasteiger partial charge in [-0.3, -0.25) is 4.72 Å². The van der Waals surface area contributed by atoms with Crippen molar-refractivity contribution < 1.29 is 21.9 Å². The van der Waals surface area contributed by atoms with Crippen LogP contribution in [0.2, 0.25) is 0 Å². The molecule has 1 fully saturated rings. The van der Waals surface area contributed by atoms with Gasteiger partial charge in [-0.2, -0.15) is 0 Å². The summed E-state index contributed by atoms with van der Waals surface area (Å²) in [6.07, 6.45) is 4.03. The summed E-state index contributed by atoms with van der Waals surface area (Å²) in [5.74, 6) is -0.0690. The smallest absolute Gasteiger partial charge is 0.246 e. The van der Waals surface area contributed by atoms with Crippen molar-refractivity contribution in [3.05, 3.63) is 66.4 Å². The summed E-state index contributed by atoms with van der Waals surface area (Å²) in [5, 5.41) is 7.16. The lowest BCUT2D eigenvalue weighted by Gasteiger charge is -2.26. The van der Waals surface area contributed by atoms with E-state index >= 15 is 4.39 Å². The normalized spacial score (nSPS) is 17.6. The average molecular weight is 555 g/mol. The summed E-state index contributed by atoms with van der Waals surface area (Å²) in [4.78, 5) is 13.2. The van der Waals surface area contributed by atoms with Crippen LogP contribution in [0, 0.1) is 12.7 Å². The minimum Gasteiger partial charge on any atom is -0.436 e. The first-order valence-electron chi connectivity index (χ1n) is 12.5. The number of fused-ring (bicyclic) bond motifs is 1. The molecule has 9 nitrogen and oxygen atoms in total. The first kappa shape index (κ1) is 26.7. The van der Waals surface area contributed by atoms with Gasteiger partial charge in [0.15, 0.2) is 5.82 Å². The maximum absolute atomic E-state index is 15.6. The van der Waals surface area contributed by atoms with E-state index in [1.807, 2.05) is 0 Å². The molecule has 1 saturated heterocycles. The number of hydrogen-bond acceptors (Lipinski definition) is 8. The van der Waals surface area contributed by atoms with Gasteiger partial charge in [-0.1, -0.05) is 24.3 Å². The molecule has 2 aromatic carbocycles. The molecule has 0 radical (unpaired) electrons. The van der Waals surface area contributed by atoms with Crippen LogP contribution in [0.1, 0.15) is 18.9 Å². The van der Waals surface area contributed by atoms with Crippen LogP contribution in [0.3, 0.4) is 0 Å². The van der Waals surface area contributed by atoms with Crippen molar-refractivity contribution in [2.75, 3.05) is 28.9 Å². The zero-order chi connectivity index (χ0) is 27.6. The highest BCUT2D eigenvalue weighted by Crippen LogP contribution is 2.41.